The number of hydrogen-bond donors (Lipinski definition) is 1. The minimum Gasteiger partial charge on any atom is -0.368 e. The van der Waals surface area contributed by atoms with E-state index >= 15 is 0 Å². The molecule has 1 aromatic rings. The number of hydrogen-bond acceptors (Lipinski definition) is 4. The third-order valence-electron chi connectivity index (χ3n) is 5.14. The number of carbonyl (C=O) groups is 2. The molecule has 0 atom stereocenters. The number of piperidine rings is 1. The highest BCUT2D eigenvalue weighted by Gasteiger charge is 2.43. The molecule has 2 aliphatic rings. The lowest BCUT2D eigenvalue weighted by atomic mass is 9.90. The molecule has 2 aliphatic heterocycles. The third kappa shape index (κ3) is 4.31. The van der Waals surface area contributed by atoms with Gasteiger partial charge in [0.25, 0.3) is 11.8 Å². The van der Waals surface area contributed by atoms with E-state index in [0.29, 0.717) is 49.6 Å². The number of halogens is 2. The van der Waals surface area contributed by atoms with Crippen molar-refractivity contribution in [2.45, 2.75) is 18.4 Å². The quantitative estimate of drug-likeness (QED) is 0.838. The summed E-state index contributed by atoms with van der Waals surface area (Å²) in [7, 11) is 1.61. The minimum atomic E-state index is -0.715. The normalized spacial score (nSPS) is 19.6. The Kier molecular flexibility index (Phi) is 7.29. The molecule has 1 aromatic carbocycles. The highest BCUT2D eigenvalue weighted by atomic mass is 35.5. The van der Waals surface area contributed by atoms with Gasteiger partial charge in [-0.3, -0.25) is 9.59 Å². The second-order valence-corrected chi connectivity index (χ2v) is 6.98. The molecule has 0 unspecified atom stereocenters. The fourth-order valence-electron chi connectivity index (χ4n) is 3.51. The highest BCUT2D eigenvalue weighted by Crippen LogP contribution is 2.26. The van der Waals surface area contributed by atoms with E-state index in [1.165, 1.54) is 0 Å². The number of rotatable bonds is 3. The summed E-state index contributed by atoms with van der Waals surface area (Å²) in [6.07, 6.45) is 1.37. The lowest BCUT2D eigenvalue weighted by molar-refractivity contribution is -0.159. The second-order valence-electron chi connectivity index (χ2n) is 6.54. The summed E-state index contributed by atoms with van der Waals surface area (Å²) < 4.78 is 5.62. The summed E-state index contributed by atoms with van der Waals surface area (Å²) in [5.74, 6) is 0.0298. The smallest absolute Gasteiger partial charge is 0.255 e. The monoisotopic (exact) mass is 401 g/mol. The van der Waals surface area contributed by atoms with Crippen molar-refractivity contribution in [3.63, 3.8) is 0 Å². The molecule has 2 heterocycles. The van der Waals surface area contributed by atoms with Gasteiger partial charge in [-0.1, -0.05) is 11.6 Å². The van der Waals surface area contributed by atoms with Gasteiger partial charge in [-0.15, -0.1) is 12.4 Å². The Labute approximate surface area is 165 Å². The van der Waals surface area contributed by atoms with Crippen LogP contribution in [0.4, 0.5) is 0 Å². The summed E-state index contributed by atoms with van der Waals surface area (Å²) in [5.41, 5.74) is -0.0935. The molecule has 0 bridgehead atoms. The van der Waals surface area contributed by atoms with Crippen LogP contribution in [0.1, 0.15) is 23.2 Å². The average molecular weight is 402 g/mol. The van der Waals surface area contributed by atoms with Crippen LogP contribution >= 0.6 is 24.0 Å². The summed E-state index contributed by atoms with van der Waals surface area (Å²) in [5, 5.41) is 3.87. The summed E-state index contributed by atoms with van der Waals surface area (Å²) in [6, 6.07) is 6.90. The first kappa shape index (κ1) is 21.0. The minimum absolute atomic E-state index is 0. The van der Waals surface area contributed by atoms with Gasteiger partial charge < -0.3 is 19.9 Å². The zero-order valence-electron chi connectivity index (χ0n) is 14.9. The molecule has 144 valence electrons. The van der Waals surface area contributed by atoms with Crippen LogP contribution in [0, 0.1) is 0 Å². The summed E-state index contributed by atoms with van der Waals surface area (Å²) in [6.45, 7) is 3.72. The Hall–Kier alpha value is -1.34. The molecule has 0 saturated carbocycles. The summed E-state index contributed by atoms with van der Waals surface area (Å²) in [4.78, 5) is 29.1. The molecule has 3 rings (SSSR count). The molecule has 1 N–H and O–H groups in total. The maximum atomic E-state index is 12.9. The van der Waals surface area contributed by atoms with E-state index in [0.717, 1.165) is 13.1 Å². The first-order valence-electron chi connectivity index (χ1n) is 8.66. The predicted octanol–water partition coefficient (Wildman–Crippen LogP) is 1.81. The van der Waals surface area contributed by atoms with Crippen LogP contribution < -0.4 is 5.32 Å². The van der Waals surface area contributed by atoms with E-state index in [1.54, 1.807) is 36.3 Å². The van der Waals surface area contributed by atoms with Gasteiger partial charge in [0.15, 0.2) is 0 Å². The van der Waals surface area contributed by atoms with Crippen LogP contribution in [0.15, 0.2) is 24.3 Å². The molecular formula is C18H25Cl2N3O3. The number of benzene rings is 1. The number of ether oxygens (including phenoxy) is 1. The average Bonchev–Trinajstić information content (AvgIpc) is 2.68. The van der Waals surface area contributed by atoms with Gasteiger partial charge in [0, 0.05) is 43.9 Å². The van der Waals surface area contributed by atoms with Crippen molar-refractivity contribution in [1.29, 1.82) is 0 Å². The Morgan fingerprint density at radius 2 is 1.58 bits per heavy atom. The molecule has 2 amide bonds. The van der Waals surface area contributed by atoms with Crippen molar-refractivity contribution in [1.82, 2.24) is 15.1 Å². The molecule has 0 aliphatic carbocycles. The van der Waals surface area contributed by atoms with Gasteiger partial charge in [-0.2, -0.15) is 0 Å². The SMILES string of the molecule is COC1(C(=O)N2CCN(C(=O)c3ccc(Cl)cc3)CC2)CCNCC1.Cl. The largest absolute Gasteiger partial charge is 0.368 e. The number of methoxy groups -OCH3 is 1. The fourth-order valence-corrected chi connectivity index (χ4v) is 3.64. The van der Waals surface area contributed by atoms with Crippen LogP contribution in [0.25, 0.3) is 0 Å². The molecular weight excluding hydrogens is 377 g/mol. The predicted molar refractivity (Wildman–Crippen MR) is 103 cm³/mol. The Bertz CT molecular complexity index is 625. The van der Waals surface area contributed by atoms with Crippen LogP contribution in [0.2, 0.25) is 5.02 Å². The second kappa shape index (κ2) is 9.04. The van der Waals surface area contributed by atoms with Crippen molar-refractivity contribution in [2.24, 2.45) is 0 Å². The van der Waals surface area contributed by atoms with Gasteiger partial charge in [-0.05, 0) is 50.2 Å². The van der Waals surface area contributed by atoms with Gasteiger partial charge >= 0.3 is 0 Å². The van der Waals surface area contributed by atoms with Gasteiger partial charge in [-0.25, -0.2) is 0 Å². The number of carbonyl (C=O) groups excluding carboxylic acids is 2. The van der Waals surface area contributed by atoms with Crippen molar-refractivity contribution >= 4 is 35.8 Å². The van der Waals surface area contributed by atoms with Crippen molar-refractivity contribution in [3.8, 4) is 0 Å². The van der Waals surface area contributed by atoms with Crippen LogP contribution in [-0.2, 0) is 9.53 Å². The van der Waals surface area contributed by atoms with Crippen molar-refractivity contribution in [3.05, 3.63) is 34.9 Å². The van der Waals surface area contributed by atoms with E-state index in [4.69, 9.17) is 16.3 Å². The Morgan fingerprint density at radius 3 is 2.12 bits per heavy atom. The molecule has 2 saturated heterocycles. The first-order valence-corrected chi connectivity index (χ1v) is 9.04. The first-order chi connectivity index (χ1) is 12.1. The van der Waals surface area contributed by atoms with Crippen molar-refractivity contribution < 1.29 is 14.3 Å². The van der Waals surface area contributed by atoms with Crippen LogP contribution in [0.3, 0.4) is 0 Å². The van der Waals surface area contributed by atoms with Gasteiger partial charge in [0.2, 0.25) is 0 Å². The maximum absolute atomic E-state index is 12.9. The molecule has 26 heavy (non-hydrogen) atoms. The number of piperazine rings is 1. The summed E-state index contributed by atoms with van der Waals surface area (Å²) >= 11 is 5.87. The lowest BCUT2D eigenvalue weighted by Crippen LogP contribution is -2.59. The molecule has 2 fully saturated rings. The van der Waals surface area contributed by atoms with Gasteiger partial charge in [0.05, 0.1) is 0 Å². The van der Waals surface area contributed by atoms with E-state index in [1.807, 2.05) is 4.90 Å². The third-order valence-corrected chi connectivity index (χ3v) is 5.39. The topological polar surface area (TPSA) is 61.9 Å². The van der Waals surface area contributed by atoms with Crippen molar-refractivity contribution in [2.75, 3.05) is 46.4 Å². The molecule has 6 nitrogen and oxygen atoms in total. The van der Waals surface area contributed by atoms with Crippen LogP contribution in [-0.4, -0.2) is 73.6 Å². The number of nitrogens with one attached hydrogen (secondary N) is 1. The standard InChI is InChI=1S/C18H24ClN3O3.ClH/c1-25-18(6-8-20-9-7-18)17(24)22-12-10-21(11-13-22)16(23)14-2-4-15(19)5-3-14;/h2-5,20H,6-13H2,1H3;1H. The highest BCUT2D eigenvalue weighted by molar-refractivity contribution is 6.30. The number of amides is 2. The van der Waals surface area contributed by atoms with Crippen LogP contribution in [0.5, 0.6) is 0 Å². The molecule has 0 aromatic heterocycles. The molecule has 0 radical (unpaired) electrons. The Balaban J connectivity index is 0.00000243. The van der Waals surface area contributed by atoms with E-state index in [2.05, 4.69) is 5.32 Å². The Morgan fingerprint density at radius 1 is 1.04 bits per heavy atom. The fraction of sp³-hybridized carbons (Fsp3) is 0.556. The molecule has 0 spiro atoms. The van der Waals surface area contributed by atoms with E-state index in [-0.39, 0.29) is 24.2 Å². The number of nitrogens with zero attached hydrogens (tertiary/aromatic N) is 2. The van der Waals surface area contributed by atoms with E-state index < -0.39 is 5.60 Å². The van der Waals surface area contributed by atoms with Gasteiger partial charge in [0.1, 0.15) is 5.60 Å². The lowest BCUT2D eigenvalue weighted by Gasteiger charge is -2.42. The molecule has 8 heteroatoms. The van der Waals surface area contributed by atoms with E-state index in [9.17, 15) is 9.59 Å². The zero-order valence-corrected chi connectivity index (χ0v) is 16.4. The maximum Gasteiger partial charge on any atom is 0.255 e. The zero-order chi connectivity index (χ0) is 17.9.